The molecule has 0 aliphatic rings. The monoisotopic (exact) mass is 2250 g/mol. The molecule has 146 heavy (non-hydrogen) atoms. The number of carbonyl (C=O) groups excluding carboxylic acids is 4. The molecule has 4 unspecified atom stereocenters. The Morgan fingerprint density at radius 1 is 0.425 bits per heavy atom. The number of H-pyrrole nitrogens is 4. The van der Waals surface area contributed by atoms with Gasteiger partial charge in [-0.25, -0.2) is 33.1 Å². The molecule has 0 spiro atoms. The van der Waals surface area contributed by atoms with Crippen molar-refractivity contribution in [2.45, 2.75) is 114 Å². The van der Waals surface area contributed by atoms with Crippen LogP contribution in [-0.4, -0.2) is 207 Å². The Morgan fingerprint density at radius 2 is 0.753 bits per heavy atom. The lowest BCUT2D eigenvalue weighted by Gasteiger charge is -2.20. The second-order valence-corrected chi connectivity index (χ2v) is 45.8. The second kappa shape index (κ2) is 56.6. The highest BCUT2D eigenvalue weighted by Crippen LogP contribution is 2.53. The minimum atomic E-state index is -3.81. The summed E-state index contributed by atoms with van der Waals surface area (Å²) in [7, 11) is -13.6. The largest absolute Gasteiger partial charge is 0.494 e. The summed E-state index contributed by atoms with van der Waals surface area (Å²) in [6, 6.07) is 28.1. The van der Waals surface area contributed by atoms with Crippen molar-refractivity contribution in [2.24, 2.45) is 5.41 Å². The molecule has 0 fully saturated rings. The number of fused-ring (bicyclic) bond motifs is 4. The van der Waals surface area contributed by atoms with E-state index in [1.54, 1.807) is 81.5 Å². The van der Waals surface area contributed by atoms with Gasteiger partial charge in [-0.3, -0.25) is 76.6 Å². The molecule has 13 rings (SSSR count). The van der Waals surface area contributed by atoms with E-state index in [9.17, 15) is 69.8 Å². The smallest absolute Gasteiger partial charge is 0.356 e. The number of thioether (sulfide) groups is 4. The Hall–Kier alpha value is -10.7. The summed E-state index contributed by atoms with van der Waals surface area (Å²) in [5, 5.41) is -0.217. The molecule has 0 aliphatic carbocycles. The van der Waals surface area contributed by atoms with Gasteiger partial charge in [-0.1, -0.05) is 163 Å². The molecule has 0 bridgehead atoms. The van der Waals surface area contributed by atoms with E-state index < -0.39 is 81.8 Å². The molecule has 45 nitrogen and oxygen atoms in total. The van der Waals surface area contributed by atoms with Crippen LogP contribution in [0.15, 0.2) is 152 Å². The SMILES string of the molecule is CC(=O)SCCOP(=O)(COCCn1cnc2c(=O)[nH]c(N)nc21)OCc1ccc(C)c(F)c1.CCC(=O)SCCOP(=O)(COCCn1cnc2c(=O)[nH]c(N)nc21)OCc1ccc(C)c(F)c1.COc1ccc(COP(=O)(COCCn2cnc3c(=O)[nH]c(N)nc32)OCCSC(=O)C(C)(C)C)cc1F.Cc1ccc(C(=O)SCCOP(=O)(COCCn2cnc3c(=O)[nH]c(N)nc32)OCc2cccc(Br)c2)cc1. The molecule has 788 valence electrons. The average molecular weight is 2250 g/mol. The number of nitrogens with one attached hydrogen (secondary N) is 4. The van der Waals surface area contributed by atoms with Gasteiger partial charge < -0.3 is 101 Å². The molecule has 0 saturated carbocycles. The number of carbonyl (C=O) groups is 4. The number of methoxy groups -OCH3 is 1. The molecule has 8 heterocycles. The predicted octanol–water partition coefficient (Wildman–Crippen LogP) is 14.4. The summed E-state index contributed by atoms with van der Waals surface area (Å²) in [6.07, 6.45) is 4.68. The lowest BCUT2D eigenvalue weighted by molar-refractivity contribution is -0.117. The third-order valence-electron chi connectivity index (χ3n) is 19.9. The van der Waals surface area contributed by atoms with Crippen LogP contribution in [0.1, 0.15) is 90.3 Å². The number of imidazole rings is 4. The Bertz CT molecular complexity index is 7120. The van der Waals surface area contributed by atoms with Crippen LogP contribution in [0.3, 0.4) is 0 Å². The minimum absolute atomic E-state index is 0.00336. The number of aromatic amines is 4. The highest BCUT2D eigenvalue weighted by atomic mass is 79.9. The first-order valence-electron chi connectivity index (χ1n) is 44.4. The molecule has 13 aromatic rings. The number of aryl methyl sites for hydroxylation is 3. The van der Waals surface area contributed by atoms with Crippen LogP contribution in [0.25, 0.3) is 44.7 Å². The number of hydrogen-bond donors (Lipinski definition) is 8. The first kappa shape index (κ1) is 117. The van der Waals surface area contributed by atoms with E-state index in [-0.39, 0.29) is 208 Å². The maximum atomic E-state index is 14.1. The Kier molecular flexibility index (Phi) is 45.4. The van der Waals surface area contributed by atoms with E-state index in [4.69, 9.17) is 82.8 Å². The normalized spacial score (nSPS) is 13.2. The number of anilines is 4. The van der Waals surface area contributed by atoms with Crippen molar-refractivity contribution in [3.8, 4) is 5.75 Å². The molecule has 0 aliphatic heterocycles. The van der Waals surface area contributed by atoms with Gasteiger partial charge in [0.15, 0.2) is 71.6 Å². The minimum Gasteiger partial charge on any atom is -0.494 e. The van der Waals surface area contributed by atoms with Gasteiger partial charge in [-0.2, -0.15) is 19.9 Å². The van der Waals surface area contributed by atoms with Crippen LogP contribution in [0.2, 0.25) is 0 Å². The standard InChI is InChI=1S/C25H27BrN5O6PS.C23H31FN5O7PS.C21H27FN5O6PS.C20H25FN5O6PS/c1-17-5-7-19(8-6-17)24(33)39-12-11-36-38(34,37-14-18-3-2-4-20(26)13-18)16-35-10-9-31-15-28-21-22(31)29-25(27)30-23(21)32;1-23(2,3)21(31)38-10-9-35-37(32,36-12-15-5-6-17(33-4)16(24)11-15)14-34-8-7-29-13-26-18-19(29)27-22(25)28-20(18)30;1-3-17(28)35-9-8-32-34(30,33-11-15-5-4-14(2)16(22)10-15)13-31-7-6-27-12-24-18-19(27)25-21(23)26-20(18)29;1-13-3-4-15(9-16(13)21)10-32-33(29,31-7-8-34-14(2)27)12-30-6-5-26-11-23-17-18(26)24-20(22)25-19(17)28/h2-8,13,15H,9-12,14,16H2,1H3,(H3,27,29,30,32);5-6,11,13H,7-10,12,14H2,1-4H3,(H3,25,27,28,30);4-5,10,12H,3,6-9,11,13H2,1-2H3,(H3,23,25,26,29);3-4,9,11H,5-8,10,12H2,1-2H3,(H3,22,24,25,28). The van der Waals surface area contributed by atoms with Crippen molar-refractivity contribution in [1.29, 1.82) is 0 Å². The van der Waals surface area contributed by atoms with Crippen LogP contribution in [-0.2, 0) is 140 Å². The number of nitrogens with two attached hydrogens (primary N) is 4. The van der Waals surface area contributed by atoms with Crippen molar-refractivity contribution in [2.75, 3.05) is 131 Å². The Balaban J connectivity index is 0.000000200. The van der Waals surface area contributed by atoms with Gasteiger partial charge in [-0.05, 0) is 90.6 Å². The number of nitrogens with zero attached hydrogens (tertiary/aromatic N) is 12. The highest BCUT2D eigenvalue weighted by Gasteiger charge is 2.32. The number of halogens is 4. The fourth-order valence-electron chi connectivity index (χ4n) is 12.3. The quantitative estimate of drug-likeness (QED) is 0.0130. The molecule has 8 aromatic heterocycles. The zero-order valence-electron chi connectivity index (χ0n) is 80.6. The average Bonchev–Trinajstić information content (AvgIpc) is 1.67. The molecule has 0 saturated heterocycles. The highest BCUT2D eigenvalue weighted by molar-refractivity contribution is 9.10. The van der Waals surface area contributed by atoms with Crippen LogP contribution < -0.4 is 49.9 Å². The third kappa shape index (κ3) is 37.2. The molecule has 5 aromatic carbocycles. The summed E-state index contributed by atoms with van der Waals surface area (Å²) < 4.78 is 174. The van der Waals surface area contributed by atoms with Gasteiger partial charge in [0.05, 0.1) is 112 Å². The maximum absolute atomic E-state index is 14.1. The zero-order chi connectivity index (χ0) is 106. The number of ether oxygens (including phenoxy) is 5. The molecule has 12 N–H and O–H groups in total. The summed E-state index contributed by atoms with van der Waals surface area (Å²) in [5.41, 5.74) is 26.7. The van der Waals surface area contributed by atoms with Crippen molar-refractivity contribution in [3.63, 3.8) is 0 Å². The summed E-state index contributed by atoms with van der Waals surface area (Å²) in [4.78, 5) is 137. The van der Waals surface area contributed by atoms with E-state index in [2.05, 4.69) is 75.7 Å². The lowest BCUT2D eigenvalue weighted by atomic mass is 10.00. The molecule has 0 radical (unpaired) electrons. The summed E-state index contributed by atoms with van der Waals surface area (Å²) in [5.74, 6) is -0.289. The van der Waals surface area contributed by atoms with E-state index in [1.165, 1.54) is 63.6 Å². The first-order valence-corrected chi connectivity index (χ1v) is 56.1. The molecule has 57 heteroatoms. The van der Waals surface area contributed by atoms with Crippen LogP contribution in [0, 0.1) is 43.6 Å². The van der Waals surface area contributed by atoms with Crippen molar-refractivity contribution in [1.82, 2.24) is 78.1 Å². The number of benzene rings is 5. The number of aromatic nitrogens is 16. The maximum Gasteiger partial charge on any atom is 0.356 e. The van der Waals surface area contributed by atoms with Gasteiger partial charge in [-0.15, -0.1) is 0 Å². The molecular formula is C89H110BrF3N20O25P4S4. The van der Waals surface area contributed by atoms with Crippen molar-refractivity contribution in [3.05, 3.63) is 236 Å². The second-order valence-electron chi connectivity index (χ2n) is 32.3. The third-order valence-corrected chi connectivity index (χ3v) is 30.6. The number of rotatable bonds is 51. The fourth-order valence-corrected chi connectivity index (χ4v) is 20.9. The predicted molar refractivity (Wildman–Crippen MR) is 552 cm³/mol. The zero-order valence-corrected chi connectivity index (χ0v) is 89.0. The van der Waals surface area contributed by atoms with Gasteiger partial charge >= 0.3 is 30.4 Å². The van der Waals surface area contributed by atoms with E-state index >= 15 is 0 Å². The Morgan fingerprint density at radius 3 is 1.08 bits per heavy atom. The van der Waals surface area contributed by atoms with E-state index in [0.717, 1.165) is 62.6 Å². The number of nitrogen functional groups attached to an aromatic ring is 4. The van der Waals surface area contributed by atoms with Crippen LogP contribution in [0.4, 0.5) is 37.0 Å². The van der Waals surface area contributed by atoms with Crippen LogP contribution >= 0.6 is 93.4 Å². The topological polar surface area (TPSA) is 615 Å². The van der Waals surface area contributed by atoms with Gasteiger partial charge in [0.2, 0.25) is 28.9 Å². The van der Waals surface area contributed by atoms with Crippen molar-refractivity contribution < 1.29 is 110 Å². The molecular weight excluding hydrogens is 2140 g/mol. The molecule has 0 amide bonds. The lowest BCUT2D eigenvalue weighted by Crippen LogP contribution is -2.17. The van der Waals surface area contributed by atoms with E-state index in [0.29, 0.717) is 74.0 Å². The first-order chi connectivity index (χ1) is 69.5. The number of hydrogen-bond acceptors (Lipinski definition) is 41. The summed E-state index contributed by atoms with van der Waals surface area (Å²) >= 11 is 7.68. The Labute approximate surface area is 858 Å². The fraction of sp³-hybridized carbons (Fsp3) is 0.393. The van der Waals surface area contributed by atoms with E-state index in [1.807, 2.05) is 64.1 Å². The van der Waals surface area contributed by atoms with Gasteiger partial charge in [0.25, 0.3) is 22.2 Å². The van der Waals surface area contributed by atoms with Crippen molar-refractivity contribution >= 4 is 182 Å². The summed E-state index contributed by atoms with van der Waals surface area (Å²) in [6.45, 7) is 14.8. The van der Waals surface area contributed by atoms with Gasteiger partial charge in [0, 0.05) is 78.0 Å². The molecule has 4 atom stereocenters. The van der Waals surface area contributed by atoms with Crippen LogP contribution in [0.5, 0.6) is 5.75 Å². The van der Waals surface area contributed by atoms with Gasteiger partial charge in [0.1, 0.15) is 37.0 Å².